The highest BCUT2D eigenvalue weighted by Crippen LogP contribution is 2.42. The molecule has 0 spiro atoms. The molecule has 2 aromatic rings. The van der Waals surface area contributed by atoms with Gasteiger partial charge in [0.15, 0.2) is 17.3 Å². The van der Waals surface area contributed by atoms with Gasteiger partial charge in [0.1, 0.15) is 12.0 Å². The molecule has 12 nitrogen and oxygen atoms in total. The van der Waals surface area contributed by atoms with E-state index >= 15 is 0 Å². The van der Waals surface area contributed by atoms with E-state index in [1.165, 1.54) is 18.3 Å². The highest BCUT2D eigenvalue weighted by Gasteiger charge is 2.38. The molecule has 3 heterocycles. The second-order valence-corrected chi connectivity index (χ2v) is 8.48. The molecule has 2 aliphatic heterocycles. The van der Waals surface area contributed by atoms with Crippen molar-refractivity contribution in [1.82, 2.24) is 10.3 Å². The molecule has 12 heteroatoms. The molecule has 4 rings (SSSR count). The Morgan fingerprint density at radius 3 is 2.81 bits per heavy atom. The summed E-state index contributed by atoms with van der Waals surface area (Å²) in [7, 11) is 0. The largest absolute Gasteiger partial charge is 0.459 e. The highest BCUT2D eigenvalue weighted by atomic mass is 16.7. The summed E-state index contributed by atoms with van der Waals surface area (Å²) in [4.78, 5) is 27.2. The van der Waals surface area contributed by atoms with Gasteiger partial charge in [-0.2, -0.15) is 0 Å². The van der Waals surface area contributed by atoms with Crippen LogP contribution in [0.25, 0.3) is 0 Å². The third-order valence-electron chi connectivity index (χ3n) is 6.09. The maximum Gasteiger partial charge on any atom is 0.287 e. The monoisotopic (exact) mass is 514 g/mol. The molecule has 2 aliphatic rings. The molecule has 3 N–H and O–H groups in total. The first kappa shape index (κ1) is 26.2. The molecular formula is C25H30N4O8. The average Bonchev–Trinajstić information content (AvgIpc) is 3.38. The van der Waals surface area contributed by atoms with Crippen LogP contribution in [-0.2, 0) is 14.3 Å². The van der Waals surface area contributed by atoms with Crippen molar-refractivity contribution < 1.29 is 33.8 Å². The maximum atomic E-state index is 13.0. The highest BCUT2D eigenvalue weighted by molar-refractivity contribution is 5.91. The standard InChI is InChI=1S/C25H30N4O8/c1-2-34-25-18(4-3-11-30)19(16-5-7-20-21(12-16)36-15-35-20)13-22(37-25)24(31)27-10-9-26-23-8-6-17(14-28-23)29(32)33/h5-8,12-14,18-19,25,30H,2-4,9-11,15H2,1H3,(H,26,28)(H,27,31)/t18-,19+,25+/m0/s1. The predicted molar refractivity (Wildman–Crippen MR) is 132 cm³/mol. The number of hydrogen-bond acceptors (Lipinski definition) is 10. The summed E-state index contributed by atoms with van der Waals surface area (Å²) in [5, 5.41) is 26.0. The molecule has 1 aromatic carbocycles. The summed E-state index contributed by atoms with van der Waals surface area (Å²) in [5.41, 5.74) is 0.829. The van der Waals surface area contributed by atoms with E-state index in [0.717, 1.165) is 5.56 Å². The second kappa shape index (κ2) is 12.4. The molecule has 0 unspecified atom stereocenters. The molecule has 1 amide bonds. The minimum Gasteiger partial charge on any atom is -0.459 e. The molecule has 0 bridgehead atoms. The van der Waals surface area contributed by atoms with E-state index in [1.807, 2.05) is 25.1 Å². The Morgan fingerprint density at radius 2 is 2.08 bits per heavy atom. The van der Waals surface area contributed by atoms with Crippen molar-refractivity contribution in [2.45, 2.75) is 32.0 Å². The number of rotatable bonds is 12. The Bertz CT molecular complexity index is 1120. The number of hydrogen-bond donors (Lipinski definition) is 3. The number of nitrogens with one attached hydrogen (secondary N) is 2. The number of nitrogens with zero attached hydrogens (tertiary/aromatic N) is 2. The molecule has 0 radical (unpaired) electrons. The number of anilines is 1. The number of ether oxygens (including phenoxy) is 4. The topological polar surface area (TPSA) is 154 Å². The van der Waals surface area contributed by atoms with Gasteiger partial charge >= 0.3 is 0 Å². The van der Waals surface area contributed by atoms with E-state index in [1.54, 1.807) is 6.08 Å². The van der Waals surface area contributed by atoms with Gasteiger partial charge < -0.3 is 34.7 Å². The summed E-state index contributed by atoms with van der Waals surface area (Å²) in [6.07, 6.45) is 3.49. The zero-order valence-corrected chi connectivity index (χ0v) is 20.4. The van der Waals surface area contributed by atoms with Crippen LogP contribution in [0.15, 0.2) is 48.4 Å². The van der Waals surface area contributed by atoms with Crippen LogP contribution in [0.1, 0.15) is 31.2 Å². The molecule has 3 atom stereocenters. The van der Waals surface area contributed by atoms with Crippen molar-refractivity contribution >= 4 is 17.4 Å². The number of aromatic nitrogens is 1. The van der Waals surface area contributed by atoms with Crippen molar-refractivity contribution in [3.05, 3.63) is 64.0 Å². The number of pyridine rings is 1. The van der Waals surface area contributed by atoms with E-state index in [9.17, 15) is 20.0 Å². The van der Waals surface area contributed by atoms with Crippen molar-refractivity contribution in [2.24, 2.45) is 5.92 Å². The van der Waals surface area contributed by atoms with Crippen LogP contribution >= 0.6 is 0 Å². The Labute approximate surface area is 213 Å². The zero-order valence-electron chi connectivity index (χ0n) is 20.4. The number of carbonyl (C=O) groups is 1. The van der Waals surface area contributed by atoms with Crippen molar-refractivity contribution in [3.8, 4) is 11.5 Å². The van der Waals surface area contributed by atoms with E-state index in [4.69, 9.17) is 18.9 Å². The van der Waals surface area contributed by atoms with E-state index in [2.05, 4.69) is 15.6 Å². The lowest BCUT2D eigenvalue weighted by Gasteiger charge is -2.37. The van der Waals surface area contributed by atoms with Crippen molar-refractivity contribution in [2.75, 3.05) is 38.4 Å². The minimum absolute atomic E-state index is 0.0386. The fourth-order valence-electron chi connectivity index (χ4n) is 4.32. The lowest BCUT2D eigenvalue weighted by Crippen LogP contribution is -2.39. The quantitative estimate of drug-likeness (QED) is 0.219. The van der Waals surface area contributed by atoms with Gasteiger partial charge in [0.25, 0.3) is 11.6 Å². The molecule has 0 aliphatic carbocycles. The number of nitro groups is 1. The fraction of sp³-hybridized carbons (Fsp3) is 0.440. The first-order valence-electron chi connectivity index (χ1n) is 12.1. The SMILES string of the molecule is CCO[C@@H]1OC(C(=O)NCCNc2ccc([N+](=O)[O-])cn2)=C[C@H](c2ccc3c(c2)OCO3)[C@@H]1CCCO. The van der Waals surface area contributed by atoms with Gasteiger partial charge in [-0.3, -0.25) is 14.9 Å². The van der Waals surface area contributed by atoms with Crippen LogP contribution in [0.2, 0.25) is 0 Å². The van der Waals surface area contributed by atoms with Crippen LogP contribution in [0.3, 0.4) is 0 Å². The van der Waals surface area contributed by atoms with Gasteiger partial charge in [-0.15, -0.1) is 0 Å². The van der Waals surface area contributed by atoms with E-state index < -0.39 is 17.1 Å². The predicted octanol–water partition coefficient (Wildman–Crippen LogP) is 2.70. The number of carbonyl (C=O) groups excluding carboxylic acids is 1. The van der Waals surface area contributed by atoms with Crippen molar-refractivity contribution in [1.29, 1.82) is 0 Å². The Kier molecular flexibility index (Phi) is 8.75. The first-order valence-corrected chi connectivity index (χ1v) is 12.1. The molecular weight excluding hydrogens is 484 g/mol. The van der Waals surface area contributed by atoms with E-state index in [0.29, 0.717) is 43.3 Å². The normalized spacial score (nSPS) is 20.1. The third-order valence-corrected chi connectivity index (χ3v) is 6.09. The lowest BCUT2D eigenvalue weighted by molar-refractivity contribution is -0.385. The fourth-order valence-corrected chi connectivity index (χ4v) is 4.32. The van der Waals surface area contributed by atoms with Crippen LogP contribution in [0.5, 0.6) is 11.5 Å². The summed E-state index contributed by atoms with van der Waals surface area (Å²) >= 11 is 0. The van der Waals surface area contributed by atoms with Crippen LogP contribution < -0.4 is 20.1 Å². The molecule has 0 fully saturated rings. The number of benzene rings is 1. The summed E-state index contributed by atoms with van der Waals surface area (Å²) < 4.78 is 22.8. The van der Waals surface area contributed by atoms with Gasteiger partial charge in [0.2, 0.25) is 13.1 Å². The number of aliphatic hydroxyl groups excluding tert-OH is 1. The molecule has 198 valence electrons. The lowest BCUT2D eigenvalue weighted by atomic mass is 9.80. The maximum absolute atomic E-state index is 13.0. The smallest absolute Gasteiger partial charge is 0.287 e. The molecule has 0 saturated heterocycles. The number of aliphatic hydroxyl groups is 1. The summed E-state index contributed by atoms with van der Waals surface area (Å²) in [6, 6.07) is 8.54. The molecule has 37 heavy (non-hydrogen) atoms. The second-order valence-electron chi connectivity index (χ2n) is 8.48. The van der Waals surface area contributed by atoms with Crippen LogP contribution in [0, 0.1) is 16.0 Å². The first-order chi connectivity index (χ1) is 18.0. The van der Waals surface area contributed by atoms with Crippen molar-refractivity contribution in [3.63, 3.8) is 0 Å². The Balaban J connectivity index is 1.45. The number of amides is 1. The van der Waals surface area contributed by atoms with Gasteiger partial charge in [-0.1, -0.05) is 6.07 Å². The minimum atomic E-state index is -0.667. The Morgan fingerprint density at radius 1 is 1.24 bits per heavy atom. The molecule has 0 saturated carbocycles. The van der Waals surface area contributed by atoms with Gasteiger partial charge in [-0.25, -0.2) is 4.98 Å². The summed E-state index contributed by atoms with van der Waals surface area (Å²) in [5.74, 6) is 1.18. The average molecular weight is 515 g/mol. The van der Waals surface area contributed by atoms with Gasteiger partial charge in [0, 0.05) is 44.2 Å². The zero-order chi connectivity index (χ0) is 26.2. The van der Waals surface area contributed by atoms with Gasteiger partial charge in [-0.05, 0) is 49.6 Å². The van der Waals surface area contributed by atoms with E-state index in [-0.39, 0.29) is 43.2 Å². The number of allylic oxidation sites excluding steroid dienone is 1. The van der Waals surface area contributed by atoms with Crippen LogP contribution in [0.4, 0.5) is 11.5 Å². The third kappa shape index (κ3) is 6.46. The summed E-state index contributed by atoms with van der Waals surface area (Å²) in [6.45, 7) is 3.07. The Hall–Kier alpha value is -3.90. The number of fused-ring (bicyclic) bond motifs is 1. The van der Waals surface area contributed by atoms with Crippen LogP contribution in [-0.4, -0.2) is 60.3 Å². The van der Waals surface area contributed by atoms with Gasteiger partial charge in [0.05, 0.1) is 4.92 Å². The molecule has 1 aromatic heterocycles.